The van der Waals surface area contributed by atoms with Gasteiger partial charge in [0.05, 0.1) is 5.56 Å². The van der Waals surface area contributed by atoms with E-state index in [0.29, 0.717) is 10.6 Å². The number of nitrogens with zero attached hydrogens (tertiary/aromatic N) is 1. The number of ether oxygens (including phenoxy) is 1. The minimum Gasteiger partial charge on any atom is -0.507 e. The highest BCUT2D eigenvalue weighted by atomic mass is 35.5. The molecule has 0 aliphatic heterocycles. The third-order valence-corrected chi connectivity index (χ3v) is 3.37. The average molecular weight is 346 g/mol. The van der Waals surface area contributed by atoms with Crippen molar-refractivity contribution in [1.82, 2.24) is 4.90 Å². The van der Waals surface area contributed by atoms with Crippen LogP contribution in [0.4, 0.5) is 4.79 Å². The van der Waals surface area contributed by atoms with Crippen LogP contribution in [0.5, 0.6) is 5.75 Å². The lowest BCUT2D eigenvalue weighted by atomic mass is 10.1. The Labute approximate surface area is 144 Å². The number of aliphatic hydroxyl groups is 1. The molecule has 0 aromatic heterocycles. The van der Waals surface area contributed by atoms with Crippen molar-refractivity contribution in [2.24, 2.45) is 0 Å². The Hall–Kier alpha value is -2.79. The molecule has 5 nitrogen and oxygen atoms in total. The predicted octanol–water partition coefficient (Wildman–Crippen LogP) is 4.18. The molecule has 1 amide bonds. The van der Waals surface area contributed by atoms with Crippen LogP contribution < -0.4 is 4.74 Å². The normalized spacial score (nSPS) is 11.0. The molecule has 2 aromatic rings. The number of hydrogen-bond donors (Lipinski definition) is 1. The Kier molecular flexibility index (Phi) is 5.60. The predicted molar refractivity (Wildman–Crippen MR) is 92.5 cm³/mol. The summed E-state index contributed by atoms with van der Waals surface area (Å²) in [6, 6.07) is 12.7. The van der Waals surface area contributed by atoms with Crippen LogP contribution in [0.25, 0.3) is 5.76 Å². The number of benzene rings is 2. The van der Waals surface area contributed by atoms with Crippen LogP contribution in [0.1, 0.15) is 15.9 Å². The zero-order chi connectivity index (χ0) is 17.7. The van der Waals surface area contributed by atoms with E-state index in [2.05, 4.69) is 0 Å². The molecule has 0 saturated heterocycles. The zero-order valence-electron chi connectivity index (χ0n) is 13.2. The van der Waals surface area contributed by atoms with Crippen LogP contribution in [-0.2, 0) is 0 Å². The van der Waals surface area contributed by atoms with E-state index in [1.165, 1.54) is 17.0 Å². The first kappa shape index (κ1) is 17.6. The maximum atomic E-state index is 12.4. The largest absolute Gasteiger partial charge is 0.507 e. The number of amides is 1. The van der Waals surface area contributed by atoms with Crippen molar-refractivity contribution in [3.63, 3.8) is 0 Å². The van der Waals surface area contributed by atoms with Crippen LogP contribution in [0.15, 0.2) is 54.6 Å². The molecule has 0 aliphatic carbocycles. The number of hydrogen-bond acceptors (Lipinski definition) is 4. The third-order valence-electron chi connectivity index (χ3n) is 3.12. The van der Waals surface area contributed by atoms with Crippen LogP contribution in [0.3, 0.4) is 0 Å². The zero-order valence-corrected chi connectivity index (χ0v) is 13.9. The Morgan fingerprint density at radius 2 is 1.71 bits per heavy atom. The van der Waals surface area contributed by atoms with Gasteiger partial charge in [0.1, 0.15) is 11.5 Å². The van der Waals surface area contributed by atoms with Gasteiger partial charge < -0.3 is 14.7 Å². The highest BCUT2D eigenvalue weighted by Gasteiger charge is 2.15. The lowest BCUT2D eigenvalue weighted by Gasteiger charge is -2.12. The molecule has 0 bridgehead atoms. The number of rotatable bonds is 4. The second-order valence-electron chi connectivity index (χ2n) is 5.16. The molecular formula is C18H16ClNO4. The van der Waals surface area contributed by atoms with Crippen molar-refractivity contribution in [2.75, 3.05) is 14.1 Å². The van der Waals surface area contributed by atoms with Gasteiger partial charge in [-0.25, -0.2) is 4.79 Å². The summed E-state index contributed by atoms with van der Waals surface area (Å²) in [6.07, 6.45) is 0.479. The van der Waals surface area contributed by atoms with E-state index in [4.69, 9.17) is 16.3 Å². The summed E-state index contributed by atoms with van der Waals surface area (Å²) < 4.78 is 5.17. The standard InChI is InChI=1S/C18H16ClNO4/c1-20(2)18(23)24-17-6-4-3-5-14(17)16(22)11-15(21)12-7-9-13(19)10-8-12/h3-11,21H,1-2H3. The number of para-hydroxylation sites is 1. The summed E-state index contributed by atoms with van der Waals surface area (Å²) in [4.78, 5) is 25.3. The van der Waals surface area contributed by atoms with E-state index in [9.17, 15) is 14.7 Å². The Balaban J connectivity index is 2.28. The lowest BCUT2D eigenvalue weighted by molar-refractivity contribution is 0.104. The topological polar surface area (TPSA) is 66.8 Å². The first-order valence-corrected chi connectivity index (χ1v) is 7.45. The van der Waals surface area contributed by atoms with Gasteiger partial charge in [0, 0.05) is 30.8 Å². The van der Waals surface area contributed by atoms with E-state index in [1.54, 1.807) is 50.5 Å². The molecule has 0 radical (unpaired) electrons. The first-order valence-electron chi connectivity index (χ1n) is 7.07. The van der Waals surface area contributed by atoms with Crippen LogP contribution in [0.2, 0.25) is 5.02 Å². The van der Waals surface area contributed by atoms with Crippen molar-refractivity contribution >= 4 is 29.2 Å². The molecule has 0 spiro atoms. The van der Waals surface area contributed by atoms with E-state index in [-0.39, 0.29) is 17.1 Å². The Bertz CT molecular complexity index is 782. The second kappa shape index (κ2) is 7.66. The van der Waals surface area contributed by atoms with Gasteiger partial charge in [-0.1, -0.05) is 23.7 Å². The van der Waals surface area contributed by atoms with Gasteiger partial charge >= 0.3 is 6.09 Å². The van der Waals surface area contributed by atoms with E-state index >= 15 is 0 Å². The highest BCUT2D eigenvalue weighted by molar-refractivity contribution is 6.30. The van der Waals surface area contributed by atoms with E-state index < -0.39 is 11.9 Å². The fourth-order valence-corrected chi connectivity index (χ4v) is 1.98. The number of aliphatic hydroxyl groups excluding tert-OH is 1. The minimum absolute atomic E-state index is 0.126. The molecule has 1 N–H and O–H groups in total. The summed E-state index contributed by atoms with van der Waals surface area (Å²) >= 11 is 5.79. The van der Waals surface area contributed by atoms with Gasteiger partial charge in [0.25, 0.3) is 0 Å². The molecule has 2 rings (SSSR count). The lowest BCUT2D eigenvalue weighted by Crippen LogP contribution is -2.25. The Morgan fingerprint density at radius 1 is 1.08 bits per heavy atom. The maximum Gasteiger partial charge on any atom is 0.414 e. The van der Waals surface area contributed by atoms with Gasteiger partial charge in [-0.05, 0) is 36.4 Å². The fourth-order valence-electron chi connectivity index (χ4n) is 1.85. The van der Waals surface area contributed by atoms with E-state index in [0.717, 1.165) is 6.08 Å². The van der Waals surface area contributed by atoms with Crippen molar-refractivity contribution in [3.05, 3.63) is 70.8 Å². The molecule has 0 aliphatic rings. The third kappa shape index (κ3) is 4.36. The number of halogens is 1. The van der Waals surface area contributed by atoms with Crippen LogP contribution >= 0.6 is 11.6 Å². The van der Waals surface area contributed by atoms with Crippen molar-refractivity contribution in [3.8, 4) is 5.75 Å². The summed E-state index contributed by atoms with van der Waals surface area (Å²) in [5, 5.41) is 10.6. The smallest absolute Gasteiger partial charge is 0.414 e. The van der Waals surface area contributed by atoms with Crippen LogP contribution in [0, 0.1) is 0 Å². The molecule has 0 fully saturated rings. The summed E-state index contributed by atoms with van der Waals surface area (Å²) in [7, 11) is 3.08. The molecule has 0 atom stereocenters. The SMILES string of the molecule is CN(C)C(=O)Oc1ccccc1C(=O)C=C(O)c1ccc(Cl)cc1. The molecule has 24 heavy (non-hydrogen) atoms. The molecule has 0 heterocycles. The Morgan fingerprint density at radius 3 is 2.33 bits per heavy atom. The molecule has 2 aromatic carbocycles. The maximum absolute atomic E-state index is 12.4. The summed E-state index contributed by atoms with van der Waals surface area (Å²) in [5.74, 6) is -0.559. The molecule has 124 valence electrons. The first-order chi connectivity index (χ1) is 11.4. The van der Waals surface area contributed by atoms with Gasteiger partial charge in [0.15, 0.2) is 5.78 Å². The van der Waals surface area contributed by atoms with Gasteiger partial charge in [0.2, 0.25) is 0 Å². The van der Waals surface area contributed by atoms with Crippen molar-refractivity contribution in [1.29, 1.82) is 0 Å². The highest BCUT2D eigenvalue weighted by Crippen LogP contribution is 2.22. The molecular weight excluding hydrogens is 330 g/mol. The summed E-state index contributed by atoms with van der Waals surface area (Å²) in [6.45, 7) is 0. The molecule has 6 heteroatoms. The molecule has 0 unspecified atom stereocenters. The van der Waals surface area contributed by atoms with Crippen molar-refractivity contribution < 1.29 is 19.4 Å². The van der Waals surface area contributed by atoms with E-state index in [1.807, 2.05) is 0 Å². The minimum atomic E-state index is -0.596. The quantitative estimate of drug-likeness (QED) is 0.512. The van der Waals surface area contributed by atoms with Gasteiger partial charge in [-0.3, -0.25) is 4.79 Å². The summed E-state index contributed by atoms with van der Waals surface area (Å²) in [5.41, 5.74) is 0.628. The number of carbonyl (C=O) groups is 2. The average Bonchev–Trinajstić information content (AvgIpc) is 2.55. The van der Waals surface area contributed by atoms with Crippen molar-refractivity contribution in [2.45, 2.75) is 0 Å². The number of ketones is 1. The fraction of sp³-hybridized carbons (Fsp3) is 0.111. The molecule has 0 saturated carbocycles. The monoisotopic (exact) mass is 345 g/mol. The van der Waals surface area contributed by atoms with Crippen LogP contribution in [-0.4, -0.2) is 36.0 Å². The van der Waals surface area contributed by atoms with Gasteiger partial charge in [-0.2, -0.15) is 0 Å². The number of allylic oxidation sites excluding steroid dienone is 1. The number of carbonyl (C=O) groups excluding carboxylic acids is 2. The second-order valence-corrected chi connectivity index (χ2v) is 5.60. The van der Waals surface area contributed by atoms with Gasteiger partial charge in [-0.15, -0.1) is 0 Å².